The molecule has 0 unspecified atom stereocenters. The third-order valence-corrected chi connectivity index (χ3v) is 2.51. The lowest BCUT2D eigenvalue weighted by molar-refractivity contribution is 0.0909. The van der Waals surface area contributed by atoms with Gasteiger partial charge in [-0.25, -0.2) is 0 Å². The molecule has 4 nitrogen and oxygen atoms in total. The fourth-order valence-corrected chi connectivity index (χ4v) is 1.65. The van der Waals surface area contributed by atoms with E-state index in [1.807, 2.05) is 20.8 Å². The second-order valence-corrected chi connectivity index (χ2v) is 4.70. The molecular weight excluding hydrogens is 204 g/mol. The first kappa shape index (κ1) is 12.8. The molecule has 0 saturated heterocycles. The van der Waals surface area contributed by atoms with Crippen molar-refractivity contribution in [2.24, 2.45) is 5.73 Å². The first-order valence-corrected chi connectivity index (χ1v) is 5.45. The van der Waals surface area contributed by atoms with Crippen LogP contribution < -0.4 is 11.1 Å². The van der Waals surface area contributed by atoms with Crippen LogP contribution in [0.2, 0.25) is 0 Å². The number of carbonyl (C=O) groups is 1. The molecule has 16 heavy (non-hydrogen) atoms. The number of amides is 1. The van der Waals surface area contributed by atoms with Crippen molar-refractivity contribution in [3.05, 3.63) is 23.2 Å². The molecule has 0 aliphatic carbocycles. The minimum atomic E-state index is -0.288. The SMILES string of the molecule is Cc1cc(C(=O)NC(C)(C)CCN)c(C)o1. The van der Waals surface area contributed by atoms with E-state index in [1.165, 1.54) is 0 Å². The van der Waals surface area contributed by atoms with Crippen molar-refractivity contribution < 1.29 is 9.21 Å². The van der Waals surface area contributed by atoms with E-state index >= 15 is 0 Å². The van der Waals surface area contributed by atoms with Crippen LogP contribution in [0.1, 0.15) is 42.1 Å². The summed E-state index contributed by atoms with van der Waals surface area (Å²) >= 11 is 0. The van der Waals surface area contributed by atoms with Gasteiger partial charge in [0.2, 0.25) is 0 Å². The second-order valence-electron chi connectivity index (χ2n) is 4.70. The highest BCUT2D eigenvalue weighted by Gasteiger charge is 2.22. The Morgan fingerprint density at radius 2 is 2.12 bits per heavy atom. The van der Waals surface area contributed by atoms with Crippen molar-refractivity contribution in [2.75, 3.05) is 6.54 Å². The Morgan fingerprint density at radius 3 is 2.56 bits per heavy atom. The number of carbonyl (C=O) groups excluding carboxylic acids is 1. The number of nitrogens with two attached hydrogens (primary N) is 1. The number of hydrogen-bond donors (Lipinski definition) is 2. The Kier molecular flexibility index (Phi) is 3.75. The van der Waals surface area contributed by atoms with E-state index in [0.29, 0.717) is 17.9 Å². The predicted octanol–water partition coefficient (Wildman–Crippen LogP) is 1.75. The third-order valence-electron chi connectivity index (χ3n) is 2.51. The second kappa shape index (κ2) is 4.70. The Hall–Kier alpha value is -1.29. The van der Waals surface area contributed by atoms with Crippen molar-refractivity contribution in [3.8, 4) is 0 Å². The summed E-state index contributed by atoms with van der Waals surface area (Å²) in [6.07, 6.45) is 0.745. The van der Waals surface area contributed by atoms with Gasteiger partial charge in [0.25, 0.3) is 5.91 Å². The van der Waals surface area contributed by atoms with Crippen molar-refractivity contribution in [1.29, 1.82) is 0 Å². The summed E-state index contributed by atoms with van der Waals surface area (Å²) in [6, 6.07) is 1.75. The number of nitrogens with one attached hydrogen (secondary N) is 1. The number of aryl methyl sites for hydroxylation is 2. The van der Waals surface area contributed by atoms with E-state index in [-0.39, 0.29) is 11.4 Å². The van der Waals surface area contributed by atoms with E-state index in [1.54, 1.807) is 13.0 Å². The van der Waals surface area contributed by atoms with Gasteiger partial charge >= 0.3 is 0 Å². The maximum atomic E-state index is 12.0. The van der Waals surface area contributed by atoms with Gasteiger partial charge in [-0.05, 0) is 46.7 Å². The van der Waals surface area contributed by atoms with E-state index in [0.717, 1.165) is 12.2 Å². The van der Waals surface area contributed by atoms with Gasteiger partial charge in [-0.15, -0.1) is 0 Å². The normalized spacial score (nSPS) is 11.6. The zero-order chi connectivity index (χ0) is 12.3. The van der Waals surface area contributed by atoms with Gasteiger partial charge in [0, 0.05) is 5.54 Å². The lowest BCUT2D eigenvalue weighted by atomic mass is 10.00. The number of furan rings is 1. The largest absolute Gasteiger partial charge is 0.466 e. The summed E-state index contributed by atoms with van der Waals surface area (Å²) in [5, 5.41) is 2.95. The molecule has 0 saturated carbocycles. The van der Waals surface area contributed by atoms with Crippen LogP contribution in [-0.4, -0.2) is 18.0 Å². The van der Waals surface area contributed by atoms with Crippen molar-refractivity contribution in [1.82, 2.24) is 5.32 Å². The molecule has 1 aromatic rings. The first-order chi connectivity index (χ1) is 7.35. The van der Waals surface area contributed by atoms with Crippen molar-refractivity contribution in [2.45, 2.75) is 39.7 Å². The molecular formula is C12H20N2O2. The minimum absolute atomic E-state index is 0.104. The molecule has 0 bridgehead atoms. The van der Waals surface area contributed by atoms with Crippen LogP contribution in [0, 0.1) is 13.8 Å². The summed E-state index contributed by atoms with van der Waals surface area (Å²) < 4.78 is 5.32. The molecule has 0 atom stereocenters. The van der Waals surface area contributed by atoms with Crippen LogP contribution >= 0.6 is 0 Å². The van der Waals surface area contributed by atoms with Gasteiger partial charge in [0.15, 0.2) is 0 Å². The molecule has 90 valence electrons. The number of hydrogen-bond acceptors (Lipinski definition) is 3. The maximum Gasteiger partial charge on any atom is 0.255 e. The topological polar surface area (TPSA) is 68.3 Å². The predicted molar refractivity (Wildman–Crippen MR) is 63.4 cm³/mol. The van der Waals surface area contributed by atoms with Gasteiger partial charge < -0.3 is 15.5 Å². The molecule has 0 fully saturated rings. The monoisotopic (exact) mass is 224 g/mol. The van der Waals surface area contributed by atoms with Crippen molar-refractivity contribution in [3.63, 3.8) is 0 Å². The van der Waals surface area contributed by atoms with Gasteiger partial charge in [-0.2, -0.15) is 0 Å². The molecule has 1 heterocycles. The van der Waals surface area contributed by atoms with Crippen LogP contribution in [0.15, 0.2) is 10.5 Å². The van der Waals surface area contributed by atoms with Crippen LogP contribution in [0.3, 0.4) is 0 Å². The first-order valence-electron chi connectivity index (χ1n) is 5.45. The van der Waals surface area contributed by atoms with E-state index in [2.05, 4.69) is 5.32 Å². The molecule has 4 heteroatoms. The highest BCUT2D eigenvalue weighted by atomic mass is 16.3. The zero-order valence-corrected chi connectivity index (χ0v) is 10.4. The molecule has 0 aliphatic rings. The third kappa shape index (κ3) is 3.10. The summed E-state index contributed by atoms with van der Waals surface area (Å²) in [4.78, 5) is 12.0. The molecule has 0 radical (unpaired) electrons. The molecule has 0 aliphatic heterocycles. The van der Waals surface area contributed by atoms with Crippen LogP contribution in [0.5, 0.6) is 0 Å². The Labute approximate surface area is 96.2 Å². The Balaban J connectivity index is 2.76. The molecule has 1 amide bonds. The summed E-state index contributed by atoms with van der Waals surface area (Å²) in [5.74, 6) is 1.30. The molecule has 3 N–H and O–H groups in total. The Morgan fingerprint density at radius 1 is 1.50 bits per heavy atom. The average molecular weight is 224 g/mol. The zero-order valence-electron chi connectivity index (χ0n) is 10.4. The minimum Gasteiger partial charge on any atom is -0.466 e. The van der Waals surface area contributed by atoms with Gasteiger partial charge in [0.1, 0.15) is 11.5 Å². The summed E-state index contributed by atoms with van der Waals surface area (Å²) in [7, 11) is 0. The standard InChI is InChI=1S/C12H20N2O2/c1-8-7-10(9(2)16-8)11(15)14-12(3,4)5-6-13/h7H,5-6,13H2,1-4H3,(H,14,15). The summed E-state index contributed by atoms with van der Waals surface area (Å²) in [5.41, 5.74) is 5.80. The van der Waals surface area contributed by atoms with Crippen LogP contribution in [-0.2, 0) is 0 Å². The highest BCUT2D eigenvalue weighted by molar-refractivity contribution is 5.95. The fourth-order valence-electron chi connectivity index (χ4n) is 1.65. The van der Waals surface area contributed by atoms with E-state index < -0.39 is 0 Å². The van der Waals surface area contributed by atoms with Gasteiger partial charge in [-0.1, -0.05) is 0 Å². The molecule has 1 aromatic heterocycles. The smallest absolute Gasteiger partial charge is 0.255 e. The van der Waals surface area contributed by atoms with Crippen molar-refractivity contribution >= 4 is 5.91 Å². The van der Waals surface area contributed by atoms with Gasteiger partial charge in [-0.3, -0.25) is 4.79 Å². The average Bonchev–Trinajstić information content (AvgIpc) is 2.44. The molecule has 1 rings (SSSR count). The lowest BCUT2D eigenvalue weighted by Gasteiger charge is -2.25. The van der Waals surface area contributed by atoms with Gasteiger partial charge in [0.05, 0.1) is 5.56 Å². The maximum absolute atomic E-state index is 12.0. The highest BCUT2D eigenvalue weighted by Crippen LogP contribution is 2.15. The lowest BCUT2D eigenvalue weighted by Crippen LogP contribution is -2.44. The van der Waals surface area contributed by atoms with Crippen LogP contribution in [0.4, 0.5) is 0 Å². The van der Waals surface area contributed by atoms with E-state index in [9.17, 15) is 4.79 Å². The van der Waals surface area contributed by atoms with E-state index in [4.69, 9.17) is 10.2 Å². The molecule has 0 spiro atoms. The quantitative estimate of drug-likeness (QED) is 0.818. The summed E-state index contributed by atoms with van der Waals surface area (Å²) in [6.45, 7) is 8.09. The molecule has 0 aromatic carbocycles. The van der Waals surface area contributed by atoms with Crippen LogP contribution in [0.25, 0.3) is 0 Å². The number of rotatable bonds is 4. The fraction of sp³-hybridized carbons (Fsp3) is 0.583. The Bertz CT molecular complexity index is 380.